The Hall–Kier alpha value is -1.90. The summed E-state index contributed by atoms with van der Waals surface area (Å²) < 4.78 is 0. The Morgan fingerprint density at radius 1 is 0.952 bits per heavy atom. The molecule has 3 nitrogen and oxygen atoms in total. The molecule has 5 rings (SSSR count). The van der Waals surface area contributed by atoms with Crippen LogP contribution < -0.4 is 0 Å². The standard InChI is InChI=1S/C18H17NO2/c20-16-14-12-6-7-13(18(12)8-9-18)15(14)17(21)19(16)10-11-4-2-1-3-5-11/h1-7,12-15H,8-10H2/t12-,13+,14-,15-/m0/s1. The first-order chi connectivity index (χ1) is 10.2. The number of amides is 2. The minimum Gasteiger partial charge on any atom is -0.278 e. The normalized spacial score (nSPS) is 37.6. The Morgan fingerprint density at radius 2 is 1.52 bits per heavy atom. The van der Waals surface area contributed by atoms with Gasteiger partial charge in [-0.2, -0.15) is 0 Å². The van der Waals surface area contributed by atoms with Gasteiger partial charge in [0.1, 0.15) is 0 Å². The lowest BCUT2D eigenvalue weighted by Crippen LogP contribution is -2.34. The number of hydrogen-bond donors (Lipinski definition) is 0. The Balaban J connectivity index is 1.48. The van der Waals surface area contributed by atoms with Gasteiger partial charge in [0.15, 0.2) is 0 Å². The molecule has 1 aromatic rings. The minimum atomic E-state index is -0.0706. The van der Waals surface area contributed by atoms with Crippen molar-refractivity contribution in [2.75, 3.05) is 0 Å². The van der Waals surface area contributed by atoms with E-state index in [9.17, 15) is 9.59 Å². The SMILES string of the molecule is O=C1[C@@H]2[C@@H](C(=O)N1Cc1ccccc1)[C@@H]1C=C[C@H]2C12CC2. The molecule has 1 aromatic carbocycles. The van der Waals surface area contributed by atoms with E-state index in [2.05, 4.69) is 12.2 Å². The van der Waals surface area contributed by atoms with Crippen LogP contribution in [0.25, 0.3) is 0 Å². The number of nitrogens with zero attached hydrogens (tertiary/aromatic N) is 1. The Morgan fingerprint density at radius 3 is 2.05 bits per heavy atom. The summed E-state index contributed by atoms with van der Waals surface area (Å²) in [5.41, 5.74) is 1.32. The molecule has 4 aliphatic rings. The molecule has 3 aliphatic carbocycles. The van der Waals surface area contributed by atoms with Crippen LogP contribution in [0.4, 0.5) is 0 Å². The van der Waals surface area contributed by atoms with Crippen LogP contribution in [0.5, 0.6) is 0 Å². The van der Waals surface area contributed by atoms with Crippen LogP contribution in [0, 0.1) is 29.1 Å². The average molecular weight is 279 g/mol. The Kier molecular flexibility index (Phi) is 2.04. The van der Waals surface area contributed by atoms with Crippen LogP contribution in [0.1, 0.15) is 18.4 Å². The molecular formula is C18H17NO2. The van der Waals surface area contributed by atoms with Crippen molar-refractivity contribution in [3.05, 3.63) is 48.0 Å². The molecule has 2 amide bonds. The molecule has 1 aliphatic heterocycles. The number of likely N-dealkylation sites (tertiary alicyclic amines) is 1. The first-order valence-corrected chi connectivity index (χ1v) is 7.80. The number of carbonyl (C=O) groups is 2. The van der Waals surface area contributed by atoms with Gasteiger partial charge in [0.25, 0.3) is 0 Å². The summed E-state index contributed by atoms with van der Waals surface area (Å²) in [6.45, 7) is 0.429. The van der Waals surface area contributed by atoms with E-state index in [1.165, 1.54) is 17.7 Å². The molecule has 2 bridgehead atoms. The van der Waals surface area contributed by atoms with Crippen LogP contribution in [0.3, 0.4) is 0 Å². The lowest BCUT2D eigenvalue weighted by atomic mass is 9.85. The molecule has 1 saturated heterocycles. The first kappa shape index (κ1) is 11.7. The van der Waals surface area contributed by atoms with E-state index in [0.29, 0.717) is 23.8 Å². The van der Waals surface area contributed by atoms with Crippen molar-refractivity contribution < 1.29 is 9.59 Å². The van der Waals surface area contributed by atoms with E-state index in [1.807, 2.05) is 30.3 Å². The number of rotatable bonds is 2. The van der Waals surface area contributed by atoms with Gasteiger partial charge in [-0.1, -0.05) is 42.5 Å². The molecule has 21 heavy (non-hydrogen) atoms. The molecule has 4 atom stereocenters. The van der Waals surface area contributed by atoms with Crippen molar-refractivity contribution in [1.29, 1.82) is 0 Å². The molecule has 1 spiro atoms. The molecule has 0 aromatic heterocycles. The number of imide groups is 1. The van der Waals surface area contributed by atoms with Gasteiger partial charge in [-0.25, -0.2) is 0 Å². The van der Waals surface area contributed by atoms with Crippen molar-refractivity contribution in [3.63, 3.8) is 0 Å². The van der Waals surface area contributed by atoms with Gasteiger partial charge in [-0.3, -0.25) is 14.5 Å². The summed E-state index contributed by atoms with van der Waals surface area (Å²) in [5.74, 6) is 0.640. The third-order valence-corrected chi connectivity index (χ3v) is 6.13. The van der Waals surface area contributed by atoms with Crippen molar-refractivity contribution in [2.45, 2.75) is 19.4 Å². The molecule has 3 fully saturated rings. The van der Waals surface area contributed by atoms with Gasteiger partial charge in [0, 0.05) is 0 Å². The predicted molar refractivity (Wildman–Crippen MR) is 76.8 cm³/mol. The minimum absolute atomic E-state index is 0.0666. The predicted octanol–water partition coefficient (Wildman–Crippen LogP) is 2.38. The second kappa shape index (κ2) is 3.65. The Bertz CT molecular complexity index is 640. The van der Waals surface area contributed by atoms with E-state index in [-0.39, 0.29) is 23.7 Å². The quantitative estimate of drug-likeness (QED) is 0.616. The third kappa shape index (κ3) is 1.30. The maximum Gasteiger partial charge on any atom is 0.234 e. The van der Waals surface area contributed by atoms with Crippen LogP contribution in [0.2, 0.25) is 0 Å². The summed E-state index contributed by atoms with van der Waals surface area (Å²) in [6, 6.07) is 9.80. The van der Waals surface area contributed by atoms with Crippen LogP contribution >= 0.6 is 0 Å². The summed E-state index contributed by atoms with van der Waals surface area (Å²) >= 11 is 0. The fourth-order valence-electron chi connectivity index (χ4n) is 5.06. The van der Waals surface area contributed by atoms with Gasteiger partial charge < -0.3 is 0 Å². The smallest absolute Gasteiger partial charge is 0.234 e. The molecule has 0 unspecified atom stereocenters. The van der Waals surface area contributed by atoms with Gasteiger partial charge >= 0.3 is 0 Å². The number of carbonyl (C=O) groups excluding carboxylic acids is 2. The zero-order valence-electron chi connectivity index (χ0n) is 11.7. The van der Waals surface area contributed by atoms with Crippen molar-refractivity contribution in [1.82, 2.24) is 4.90 Å². The van der Waals surface area contributed by atoms with Crippen LogP contribution in [-0.2, 0) is 16.1 Å². The Labute approximate surface area is 123 Å². The zero-order valence-corrected chi connectivity index (χ0v) is 11.7. The summed E-state index contributed by atoms with van der Waals surface area (Å²) in [7, 11) is 0. The van der Waals surface area contributed by atoms with Crippen molar-refractivity contribution in [2.24, 2.45) is 29.1 Å². The summed E-state index contributed by atoms with van der Waals surface area (Å²) in [5, 5.41) is 0. The van der Waals surface area contributed by atoms with Gasteiger partial charge in [0.05, 0.1) is 18.4 Å². The maximum atomic E-state index is 12.8. The molecule has 0 radical (unpaired) electrons. The van der Waals surface area contributed by atoms with Crippen LogP contribution in [-0.4, -0.2) is 16.7 Å². The van der Waals surface area contributed by atoms with E-state index in [0.717, 1.165) is 5.56 Å². The summed E-state index contributed by atoms with van der Waals surface area (Å²) in [4.78, 5) is 27.1. The highest BCUT2D eigenvalue weighted by atomic mass is 16.2. The van der Waals surface area contributed by atoms with E-state index >= 15 is 0 Å². The lowest BCUT2D eigenvalue weighted by molar-refractivity contribution is -0.141. The second-order valence-electron chi connectivity index (χ2n) is 6.97. The molecular weight excluding hydrogens is 262 g/mol. The third-order valence-electron chi connectivity index (χ3n) is 6.13. The largest absolute Gasteiger partial charge is 0.278 e. The monoisotopic (exact) mass is 279 g/mol. The first-order valence-electron chi connectivity index (χ1n) is 7.80. The molecule has 3 heteroatoms. The second-order valence-corrected chi connectivity index (χ2v) is 6.97. The number of fused-ring (bicyclic) bond motifs is 3. The zero-order chi connectivity index (χ0) is 14.2. The topological polar surface area (TPSA) is 37.4 Å². The molecule has 1 heterocycles. The number of hydrogen-bond acceptors (Lipinski definition) is 2. The lowest BCUT2D eigenvalue weighted by Gasteiger charge is -2.21. The number of benzene rings is 1. The van der Waals surface area contributed by atoms with E-state index < -0.39 is 0 Å². The van der Waals surface area contributed by atoms with Gasteiger partial charge in [-0.05, 0) is 35.7 Å². The molecule has 2 saturated carbocycles. The summed E-state index contributed by atoms with van der Waals surface area (Å²) in [6.07, 6.45) is 6.83. The van der Waals surface area contributed by atoms with Crippen molar-refractivity contribution in [3.8, 4) is 0 Å². The highest BCUT2D eigenvalue weighted by molar-refractivity contribution is 6.06. The van der Waals surface area contributed by atoms with E-state index in [4.69, 9.17) is 0 Å². The van der Waals surface area contributed by atoms with Crippen molar-refractivity contribution >= 4 is 11.8 Å². The molecule has 106 valence electrons. The fraction of sp³-hybridized carbons (Fsp3) is 0.444. The fourth-order valence-corrected chi connectivity index (χ4v) is 5.06. The van der Waals surface area contributed by atoms with Crippen LogP contribution in [0.15, 0.2) is 42.5 Å². The highest BCUT2D eigenvalue weighted by Crippen LogP contribution is 2.73. The molecule has 0 N–H and O–H groups in total. The van der Waals surface area contributed by atoms with Gasteiger partial charge in [-0.15, -0.1) is 0 Å². The average Bonchev–Trinajstić information content (AvgIpc) is 3.11. The highest BCUT2D eigenvalue weighted by Gasteiger charge is 2.73. The maximum absolute atomic E-state index is 12.8. The van der Waals surface area contributed by atoms with E-state index in [1.54, 1.807) is 0 Å². The van der Waals surface area contributed by atoms with Gasteiger partial charge in [0.2, 0.25) is 11.8 Å². The number of allylic oxidation sites excluding steroid dienone is 2.